The summed E-state index contributed by atoms with van der Waals surface area (Å²) in [7, 11) is 0. The summed E-state index contributed by atoms with van der Waals surface area (Å²) in [5, 5.41) is 7.71. The number of furan rings is 1. The molecule has 4 N–H and O–H groups in total. The standard InChI is InChI=1S/C14H10N4O2/c15-13-11-8(6-16-12(11)14(19)18-17-13)10-5-7-3-1-2-4-9(7)20-10/h1-6,16H,(H2,15,17)(H,18,19). The fraction of sp³-hybridized carbons (Fsp3) is 0. The van der Waals surface area contributed by atoms with Gasteiger partial charge in [0.1, 0.15) is 16.9 Å². The van der Waals surface area contributed by atoms with Crippen LogP contribution in [0, 0.1) is 0 Å². The molecule has 0 amide bonds. The predicted octanol–water partition coefficient (Wildman–Crippen LogP) is 2.25. The minimum Gasteiger partial charge on any atom is -0.456 e. The lowest BCUT2D eigenvalue weighted by Crippen LogP contribution is -2.10. The number of nitrogens with one attached hydrogen (secondary N) is 2. The molecule has 4 rings (SSSR count). The molecule has 6 nitrogen and oxygen atoms in total. The molecule has 3 heterocycles. The summed E-state index contributed by atoms with van der Waals surface area (Å²) in [6.07, 6.45) is 1.70. The van der Waals surface area contributed by atoms with E-state index in [4.69, 9.17) is 10.2 Å². The van der Waals surface area contributed by atoms with Gasteiger partial charge in [0.05, 0.1) is 5.39 Å². The van der Waals surface area contributed by atoms with Crippen LogP contribution in [-0.4, -0.2) is 15.2 Å². The topological polar surface area (TPSA) is 101 Å². The van der Waals surface area contributed by atoms with E-state index >= 15 is 0 Å². The molecule has 1 aromatic carbocycles. The molecule has 0 spiro atoms. The van der Waals surface area contributed by atoms with Gasteiger partial charge in [-0.1, -0.05) is 18.2 Å². The highest BCUT2D eigenvalue weighted by Gasteiger charge is 2.15. The lowest BCUT2D eigenvalue weighted by Gasteiger charge is -1.97. The summed E-state index contributed by atoms with van der Waals surface area (Å²) >= 11 is 0. The van der Waals surface area contributed by atoms with Crippen LogP contribution in [0.5, 0.6) is 0 Å². The van der Waals surface area contributed by atoms with Crippen LogP contribution in [0.25, 0.3) is 33.2 Å². The first kappa shape index (κ1) is 10.9. The summed E-state index contributed by atoms with van der Waals surface area (Å²) in [6, 6.07) is 9.62. The highest BCUT2D eigenvalue weighted by atomic mass is 16.3. The van der Waals surface area contributed by atoms with E-state index in [0.717, 1.165) is 16.5 Å². The second kappa shape index (κ2) is 3.74. The van der Waals surface area contributed by atoms with E-state index in [1.807, 2.05) is 30.3 Å². The molecule has 0 aliphatic rings. The first-order chi connectivity index (χ1) is 9.74. The summed E-state index contributed by atoms with van der Waals surface area (Å²) in [6.45, 7) is 0. The number of nitrogens with zero attached hydrogens (tertiary/aromatic N) is 1. The van der Waals surface area contributed by atoms with E-state index in [0.29, 0.717) is 16.7 Å². The Kier molecular flexibility index (Phi) is 2.03. The van der Waals surface area contributed by atoms with Crippen molar-refractivity contribution in [3.63, 3.8) is 0 Å². The van der Waals surface area contributed by atoms with Crippen LogP contribution in [-0.2, 0) is 0 Å². The largest absolute Gasteiger partial charge is 0.456 e. The molecule has 0 unspecified atom stereocenters. The molecule has 0 atom stereocenters. The van der Waals surface area contributed by atoms with E-state index in [9.17, 15) is 4.79 Å². The number of aromatic amines is 2. The van der Waals surface area contributed by atoms with Gasteiger partial charge in [0.15, 0.2) is 5.82 Å². The van der Waals surface area contributed by atoms with Crippen molar-refractivity contribution in [1.82, 2.24) is 15.2 Å². The second-order valence-electron chi connectivity index (χ2n) is 4.54. The van der Waals surface area contributed by atoms with Crippen LogP contribution in [0.4, 0.5) is 5.82 Å². The maximum atomic E-state index is 11.7. The number of rotatable bonds is 1. The van der Waals surface area contributed by atoms with Gasteiger partial charge in [-0.25, -0.2) is 5.10 Å². The Morgan fingerprint density at radius 2 is 2.10 bits per heavy atom. The summed E-state index contributed by atoms with van der Waals surface area (Å²) in [4.78, 5) is 14.6. The van der Waals surface area contributed by atoms with Gasteiger partial charge in [-0.2, -0.15) is 5.10 Å². The van der Waals surface area contributed by atoms with Gasteiger partial charge in [0, 0.05) is 17.1 Å². The maximum Gasteiger partial charge on any atom is 0.288 e. The molecular weight excluding hydrogens is 256 g/mol. The smallest absolute Gasteiger partial charge is 0.288 e. The number of anilines is 1. The molecule has 6 heteroatoms. The lowest BCUT2D eigenvalue weighted by molar-refractivity contribution is 0.632. The van der Waals surface area contributed by atoms with Crippen LogP contribution in [0.2, 0.25) is 0 Å². The second-order valence-corrected chi connectivity index (χ2v) is 4.54. The normalized spacial score (nSPS) is 11.4. The van der Waals surface area contributed by atoms with Crippen LogP contribution in [0.3, 0.4) is 0 Å². The molecule has 3 aromatic heterocycles. The van der Waals surface area contributed by atoms with Gasteiger partial charge in [-0.05, 0) is 12.1 Å². The van der Waals surface area contributed by atoms with Crippen molar-refractivity contribution in [1.29, 1.82) is 0 Å². The van der Waals surface area contributed by atoms with Crippen LogP contribution < -0.4 is 11.3 Å². The molecule has 0 radical (unpaired) electrons. The molecule has 0 aliphatic heterocycles. The zero-order valence-corrected chi connectivity index (χ0v) is 10.3. The lowest BCUT2D eigenvalue weighted by atomic mass is 10.1. The molecule has 0 saturated heterocycles. The van der Waals surface area contributed by atoms with E-state index in [1.165, 1.54) is 0 Å². The molecule has 0 bridgehead atoms. The van der Waals surface area contributed by atoms with E-state index < -0.39 is 0 Å². The zero-order valence-electron chi connectivity index (χ0n) is 10.3. The van der Waals surface area contributed by atoms with Crippen molar-refractivity contribution in [3.05, 3.63) is 46.9 Å². The van der Waals surface area contributed by atoms with Crippen LogP contribution in [0.15, 0.2) is 45.7 Å². The third kappa shape index (κ3) is 1.38. The molecular formula is C14H10N4O2. The third-order valence-electron chi connectivity index (χ3n) is 3.33. The number of para-hydroxylation sites is 1. The highest BCUT2D eigenvalue weighted by molar-refractivity contribution is 6.01. The number of fused-ring (bicyclic) bond motifs is 2. The Balaban J connectivity index is 2.07. The Morgan fingerprint density at radius 3 is 2.95 bits per heavy atom. The maximum absolute atomic E-state index is 11.7. The van der Waals surface area contributed by atoms with E-state index in [-0.39, 0.29) is 11.4 Å². The van der Waals surface area contributed by atoms with Gasteiger partial charge in [-0.3, -0.25) is 4.79 Å². The fourth-order valence-corrected chi connectivity index (χ4v) is 2.40. The first-order valence-electron chi connectivity index (χ1n) is 6.08. The molecule has 0 aliphatic carbocycles. The highest BCUT2D eigenvalue weighted by Crippen LogP contribution is 2.33. The van der Waals surface area contributed by atoms with Crippen molar-refractivity contribution in [3.8, 4) is 11.3 Å². The number of hydrogen-bond acceptors (Lipinski definition) is 4. The van der Waals surface area contributed by atoms with Crippen molar-refractivity contribution in [2.24, 2.45) is 0 Å². The van der Waals surface area contributed by atoms with Crippen molar-refractivity contribution < 1.29 is 4.42 Å². The Bertz CT molecular complexity index is 960. The van der Waals surface area contributed by atoms with Gasteiger partial charge < -0.3 is 15.1 Å². The van der Waals surface area contributed by atoms with Crippen molar-refractivity contribution in [2.45, 2.75) is 0 Å². The Morgan fingerprint density at radius 1 is 1.25 bits per heavy atom. The number of nitrogens with two attached hydrogens (primary N) is 1. The van der Waals surface area contributed by atoms with Gasteiger partial charge >= 0.3 is 0 Å². The molecule has 4 aromatic rings. The number of nitrogen functional groups attached to an aromatic ring is 1. The SMILES string of the molecule is Nc1n[nH]c(=O)c2[nH]cc(-c3cc4ccccc4o3)c12. The van der Waals surface area contributed by atoms with Crippen LogP contribution in [0.1, 0.15) is 0 Å². The monoisotopic (exact) mass is 266 g/mol. The predicted molar refractivity (Wildman–Crippen MR) is 76.3 cm³/mol. The minimum absolute atomic E-state index is 0.260. The fourth-order valence-electron chi connectivity index (χ4n) is 2.40. The third-order valence-corrected chi connectivity index (χ3v) is 3.33. The average molecular weight is 266 g/mol. The zero-order chi connectivity index (χ0) is 13.7. The van der Waals surface area contributed by atoms with Gasteiger partial charge in [0.25, 0.3) is 5.56 Å². The first-order valence-corrected chi connectivity index (χ1v) is 6.08. The average Bonchev–Trinajstić information content (AvgIpc) is 3.06. The molecule has 98 valence electrons. The number of hydrogen-bond donors (Lipinski definition) is 3. The molecule has 0 saturated carbocycles. The van der Waals surface area contributed by atoms with Crippen molar-refractivity contribution >= 4 is 27.7 Å². The summed E-state index contributed by atoms with van der Waals surface area (Å²) in [5.41, 5.74) is 7.46. The Labute approximate surface area is 112 Å². The van der Waals surface area contributed by atoms with E-state index in [2.05, 4.69) is 15.2 Å². The minimum atomic E-state index is -0.309. The number of benzene rings is 1. The summed E-state index contributed by atoms with van der Waals surface area (Å²) in [5.74, 6) is 0.910. The summed E-state index contributed by atoms with van der Waals surface area (Å²) < 4.78 is 5.80. The quantitative estimate of drug-likeness (QED) is 0.491. The Hall–Kier alpha value is -3.02. The van der Waals surface area contributed by atoms with Crippen molar-refractivity contribution in [2.75, 3.05) is 5.73 Å². The van der Waals surface area contributed by atoms with Crippen LogP contribution >= 0.6 is 0 Å². The van der Waals surface area contributed by atoms with Gasteiger partial charge in [-0.15, -0.1) is 0 Å². The van der Waals surface area contributed by atoms with E-state index in [1.54, 1.807) is 6.20 Å². The van der Waals surface area contributed by atoms with Gasteiger partial charge in [0.2, 0.25) is 0 Å². The number of aromatic nitrogens is 3. The number of H-pyrrole nitrogens is 2. The molecule has 20 heavy (non-hydrogen) atoms. The molecule has 0 fully saturated rings.